The van der Waals surface area contributed by atoms with Gasteiger partial charge in [-0.2, -0.15) is 0 Å². The van der Waals surface area contributed by atoms with Crippen LogP contribution in [0.15, 0.2) is 12.4 Å². The van der Waals surface area contributed by atoms with Gasteiger partial charge in [0, 0.05) is 6.42 Å². The lowest BCUT2D eigenvalue weighted by molar-refractivity contribution is -0.704. The smallest absolute Gasteiger partial charge is 0.234 e. The molecule has 1 aromatic heterocycles. The first kappa shape index (κ1) is 46.2. The third-order valence-electron chi connectivity index (χ3n) is 11.3. The molecule has 290 valence electrons. The molecule has 0 atom stereocenters. The molecular weight excluding hydrogens is 593 g/mol. The van der Waals surface area contributed by atoms with E-state index in [1.165, 1.54) is 264 Å². The maximum atomic E-state index is 2.65. The van der Waals surface area contributed by atoms with Gasteiger partial charge >= 0.3 is 0 Å². The molecule has 1 rings (SSSR count). The molecule has 0 aliphatic carbocycles. The third-order valence-corrected chi connectivity index (χ3v) is 11.3. The average molecular weight is 686 g/mol. The van der Waals surface area contributed by atoms with E-state index < -0.39 is 0 Å². The van der Waals surface area contributed by atoms with Crippen LogP contribution in [0.3, 0.4) is 0 Å². The Hall–Kier alpha value is -0.790. The lowest BCUT2D eigenvalue weighted by Gasteiger charge is -2.07. The Morgan fingerprint density at radius 1 is 0.347 bits per heavy atom. The van der Waals surface area contributed by atoms with Crippen LogP contribution in [-0.4, -0.2) is 4.57 Å². The molecule has 0 N–H and O–H groups in total. The van der Waals surface area contributed by atoms with Crippen LogP contribution in [0.1, 0.15) is 271 Å². The number of hydrogen-bond acceptors (Lipinski definition) is 0. The van der Waals surface area contributed by atoms with Gasteiger partial charge in [0.05, 0.1) is 13.1 Å². The maximum absolute atomic E-state index is 2.65. The van der Waals surface area contributed by atoms with Crippen LogP contribution in [0.5, 0.6) is 0 Å². The van der Waals surface area contributed by atoms with E-state index in [-0.39, 0.29) is 0 Å². The molecule has 0 saturated carbocycles. The van der Waals surface area contributed by atoms with Gasteiger partial charge in [0.15, 0.2) is 0 Å². The molecule has 1 aromatic rings. The molecule has 2 heteroatoms. The summed E-state index contributed by atoms with van der Waals surface area (Å²) in [6.45, 7) is 9.41. The number of nitrogens with zero attached hydrogens (tertiary/aromatic N) is 2. The molecule has 0 aliphatic rings. The molecular formula is C47H93N2+. The van der Waals surface area contributed by atoms with Gasteiger partial charge in [0.2, 0.25) is 0 Å². The Morgan fingerprint density at radius 3 is 0.980 bits per heavy atom. The van der Waals surface area contributed by atoms with E-state index in [0.717, 1.165) is 0 Å². The number of rotatable bonds is 41. The predicted octanol–water partition coefficient (Wildman–Crippen LogP) is 16.2. The molecule has 0 saturated heterocycles. The lowest BCUT2D eigenvalue weighted by atomic mass is 10.0. The summed E-state index contributed by atoms with van der Waals surface area (Å²) in [4.78, 5) is 0. The van der Waals surface area contributed by atoms with E-state index in [9.17, 15) is 0 Å². The number of hydrogen-bond donors (Lipinski definition) is 0. The first-order valence-corrected chi connectivity index (χ1v) is 23.4. The van der Waals surface area contributed by atoms with Gasteiger partial charge in [0.1, 0.15) is 12.4 Å². The SMILES string of the molecule is CCCCCCCCCCCCCCCCCCn1cc[n+](CCCCCCCCCCCCC)c1CCCCCCCCCCCCC. The average Bonchev–Trinajstić information content (AvgIpc) is 3.50. The highest BCUT2D eigenvalue weighted by molar-refractivity contribution is 4.84. The van der Waals surface area contributed by atoms with Crippen molar-refractivity contribution in [1.82, 2.24) is 4.57 Å². The second kappa shape index (κ2) is 38.4. The van der Waals surface area contributed by atoms with Crippen molar-refractivity contribution < 1.29 is 4.57 Å². The summed E-state index contributed by atoms with van der Waals surface area (Å²) < 4.78 is 5.30. The van der Waals surface area contributed by atoms with Crippen molar-refractivity contribution in [3.05, 3.63) is 18.2 Å². The zero-order valence-electron chi connectivity index (χ0n) is 34.5. The van der Waals surface area contributed by atoms with E-state index in [2.05, 4.69) is 42.3 Å². The Bertz CT molecular complexity index is 751. The van der Waals surface area contributed by atoms with Gasteiger partial charge in [-0.3, -0.25) is 0 Å². The second-order valence-corrected chi connectivity index (χ2v) is 16.2. The highest BCUT2D eigenvalue weighted by atomic mass is 15.1. The minimum absolute atomic E-state index is 1.23. The molecule has 1 heterocycles. The van der Waals surface area contributed by atoms with E-state index >= 15 is 0 Å². The normalized spacial score (nSPS) is 11.7. The topological polar surface area (TPSA) is 8.81 Å². The van der Waals surface area contributed by atoms with Crippen LogP contribution in [0.4, 0.5) is 0 Å². The molecule has 0 radical (unpaired) electrons. The van der Waals surface area contributed by atoms with Crippen LogP contribution in [0.25, 0.3) is 0 Å². The van der Waals surface area contributed by atoms with Crippen molar-refractivity contribution in [2.45, 2.75) is 284 Å². The minimum Gasteiger partial charge on any atom is -0.234 e. The third kappa shape index (κ3) is 30.5. The van der Waals surface area contributed by atoms with Crippen molar-refractivity contribution in [3.63, 3.8) is 0 Å². The van der Waals surface area contributed by atoms with E-state index in [4.69, 9.17) is 0 Å². The van der Waals surface area contributed by atoms with Gasteiger partial charge in [-0.25, -0.2) is 9.13 Å². The Balaban J connectivity index is 2.25. The predicted molar refractivity (Wildman–Crippen MR) is 221 cm³/mol. The molecule has 0 unspecified atom stereocenters. The number of unbranched alkanes of at least 4 members (excludes halogenated alkanes) is 35. The van der Waals surface area contributed by atoms with Crippen molar-refractivity contribution in [2.75, 3.05) is 0 Å². The molecule has 2 nitrogen and oxygen atoms in total. The van der Waals surface area contributed by atoms with Crippen LogP contribution in [0, 0.1) is 0 Å². The number of aryl methyl sites for hydroxylation is 2. The van der Waals surface area contributed by atoms with Crippen LogP contribution < -0.4 is 4.57 Å². The molecule has 0 aromatic carbocycles. The molecule has 0 amide bonds. The fourth-order valence-electron chi connectivity index (χ4n) is 7.92. The largest absolute Gasteiger partial charge is 0.256 e. The lowest BCUT2D eigenvalue weighted by Crippen LogP contribution is -2.37. The molecule has 0 fully saturated rings. The summed E-state index contributed by atoms with van der Waals surface area (Å²) in [6.07, 6.45) is 60.8. The monoisotopic (exact) mass is 686 g/mol. The van der Waals surface area contributed by atoms with Gasteiger partial charge in [0.25, 0.3) is 5.82 Å². The van der Waals surface area contributed by atoms with Crippen molar-refractivity contribution >= 4 is 0 Å². The quantitative estimate of drug-likeness (QED) is 0.0479. The summed E-state index contributed by atoms with van der Waals surface area (Å²) in [5, 5.41) is 0. The fraction of sp³-hybridized carbons (Fsp3) is 0.936. The Kier molecular flexibility index (Phi) is 36.3. The molecule has 0 bridgehead atoms. The molecule has 0 spiro atoms. The summed E-state index contributed by atoms with van der Waals surface area (Å²) in [5.74, 6) is 1.63. The van der Waals surface area contributed by atoms with Crippen molar-refractivity contribution in [3.8, 4) is 0 Å². The standard InChI is InChI=1S/C47H93N2/c1-4-7-10-13-16-19-22-23-24-25-26-29-32-35-38-41-44-49-46-45-48(43-40-37-34-31-28-21-18-15-12-9-6-3)47(49)42-39-36-33-30-27-20-17-14-11-8-5-2/h45-46H,4-44H2,1-3H3/q+1. The van der Waals surface area contributed by atoms with Crippen LogP contribution in [-0.2, 0) is 19.5 Å². The van der Waals surface area contributed by atoms with Crippen LogP contribution >= 0.6 is 0 Å². The first-order valence-electron chi connectivity index (χ1n) is 23.4. The molecule has 49 heavy (non-hydrogen) atoms. The summed E-state index contributed by atoms with van der Waals surface area (Å²) in [5.41, 5.74) is 0. The highest BCUT2D eigenvalue weighted by Gasteiger charge is 2.16. The maximum Gasteiger partial charge on any atom is 0.256 e. The molecule has 0 aliphatic heterocycles. The Labute approximate surface area is 310 Å². The van der Waals surface area contributed by atoms with Crippen molar-refractivity contribution in [1.29, 1.82) is 0 Å². The zero-order valence-corrected chi connectivity index (χ0v) is 34.5. The number of aromatic nitrogens is 2. The highest BCUT2D eigenvalue weighted by Crippen LogP contribution is 2.16. The summed E-state index contributed by atoms with van der Waals surface area (Å²) in [6, 6.07) is 0. The van der Waals surface area contributed by atoms with Crippen molar-refractivity contribution in [2.24, 2.45) is 0 Å². The van der Waals surface area contributed by atoms with E-state index in [0.29, 0.717) is 0 Å². The minimum atomic E-state index is 1.23. The fourth-order valence-corrected chi connectivity index (χ4v) is 7.92. The van der Waals surface area contributed by atoms with Gasteiger partial charge in [-0.1, -0.05) is 233 Å². The summed E-state index contributed by atoms with van der Waals surface area (Å²) in [7, 11) is 0. The second-order valence-electron chi connectivity index (χ2n) is 16.2. The van der Waals surface area contributed by atoms with E-state index in [1.54, 1.807) is 5.82 Å². The number of imidazole rings is 1. The Morgan fingerprint density at radius 2 is 0.633 bits per heavy atom. The van der Waals surface area contributed by atoms with E-state index in [1.807, 2.05) is 0 Å². The van der Waals surface area contributed by atoms with Crippen LogP contribution in [0.2, 0.25) is 0 Å². The van der Waals surface area contributed by atoms with Gasteiger partial charge in [-0.05, 0) is 32.1 Å². The van der Waals surface area contributed by atoms with Gasteiger partial charge in [-0.15, -0.1) is 0 Å². The first-order chi connectivity index (χ1) is 24.3. The zero-order chi connectivity index (χ0) is 35.1. The summed E-state index contributed by atoms with van der Waals surface area (Å²) >= 11 is 0. The van der Waals surface area contributed by atoms with Gasteiger partial charge < -0.3 is 0 Å².